The van der Waals surface area contributed by atoms with Gasteiger partial charge in [-0.25, -0.2) is 0 Å². The van der Waals surface area contributed by atoms with Crippen LogP contribution in [0.25, 0.3) is 0 Å². The molecular weight excluding hydrogens is 358 g/mol. The van der Waals surface area contributed by atoms with E-state index in [0.717, 1.165) is 11.3 Å². The monoisotopic (exact) mass is 373 g/mol. The molecule has 1 aliphatic rings. The number of hydrogen-bond donors (Lipinski definition) is 0. The molecule has 0 radical (unpaired) electrons. The van der Waals surface area contributed by atoms with Crippen LogP contribution >= 0.6 is 23.2 Å². The van der Waals surface area contributed by atoms with E-state index in [1.165, 1.54) is 18.2 Å². The molecule has 0 amide bonds. The molecule has 1 fully saturated rings. The Morgan fingerprint density at radius 2 is 1.71 bits per heavy atom. The molecule has 6 heteroatoms. The molecular formula is C18H16Cl2F3N. The van der Waals surface area contributed by atoms with Crippen LogP contribution in [-0.4, -0.2) is 19.3 Å². The Bertz CT molecular complexity index is 740. The molecule has 0 aromatic heterocycles. The highest BCUT2D eigenvalue weighted by Gasteiger charge is 2.59. The summed E-state index contributed by atoms with van der Waals surface area (Å²) in [6, 6.07) is 11.7. The fourth-order valence-electron chi connectivity index (χ4n) is 3.32. The van der Waals surface area contributed by atoms with Gasteiger partial charge in [0, 0.05) is 28.8 Å². The summed E-state index contributed by atoms with van der Waals surface area (Å²) in [5.74, 6) is 0. The summed E-state index contributed by atoms with van der Waals surface area (Å²) in [5.41, 5.74) is -0.0228. The van der Waals surface area contributed by atoms with Crippen molar-refractivity contribution in [3.63, 3.8) is 0 Å². The van der Waals surface area contributed by atoms with E-state index in [9.17, 15) is 13.2 Å². The van der Waals surface area contributed by atoms with Crippen LogP contribution in [0, 0.1) is 6.92 Å². The second-order valence-electron chi connectivity index (χ2n) is 6.25. The van der Waals surface area contributed by atoms with Crippen molar-refractivity contribution in [2.45, 2.75) is 24.9 Å². The van der Waals surface area contributed by atoms with Gasteiger partial charge in [0.15, 0.2) is 0 Å². The molecule has 0 N–H and O–H groups in total. The van der Waals surface area contributed by atoms with E-state index in [4.69, 9.17) is 23.2 Å². The lowest BCUT2D eigenvalue weighted by atomic mass is 9.79. The highest BCUT2D eigenvalue weighted by molar-refractivity contribution is 6.34. The molecule has 1 aliphatic heterocycles. The first-order chi connectivity index (χ1) is 11.2. The van der Waals surface area contributed by atoms with Crippen LogP contribution in [0.1, 0.15) is 17.5 Å². The summed E-state index contributed by atoms with van der Waals surface area (Å²) < 4.78 is 42.1. The Morgan fingerprint density at radius 3 is 2.29 bits per heavy atom. The first kappa shape index (κ1) is 17.4. The van der Waals surface area contributed by atoms with Crippen molar-refractivity contribution in [3.05, 3.63) is 63.6 Å². The number of alkyl halides is 3. The Kier molecular flexibility index (Phi) is 4.47. The normalized spacial score (nSPS) is 21.3. The number of halogens is 5. The summed E-state index contributed by atoms with van der Waals surface area (Å²) >= 11 is 11.9. The molecule has 2 aromatic rings. The van der Waals surface area contributed by atoms with E-state index < -0.39 is 11.6 Å². The molecule has 0 bridgehead atoms. The van der Waals surface area contributed by atoms with E-state index in [1.54, 1.807) is 4.90 Å². The standard InChI is InChI=1S/C18H16Cl2F3N/c1-12-3-2-4-16(7-12)24-6-5-17(11-24,18(21,22)23)13-8-14(19)10-15(20)9-13/h2-4,7-10H,5-6,11H2,1H3/t17-/m1/s1. The lowest BCUT2D eigenvalue weighted by Gasteiger charge is -2.33. The summed E-state index contributed by atoms with van der Waals surface area (Å²) in [6.07, 6.45) is -4.42. The first-order valence-corrected chi connectivity index (χ1v) is 8.32. The van der Waals surface area contributed by atoms with Crippen molar-refractivity contribution >= 4 is 28.9 Å². The Morgan fingerprint density at radius 1 is 1.04 bits per heavy atom. The zero-order valence-corrected chi connectivity index (χ0v) is 14.5. The number of benzene rings is 2. The van der Waals surface area contributed by atoms with Crippen LogP contribution < -0.4 is 4.90 Å². The third-order valence-electron chi connectivity index (χ3n) is 4.59. The summed E-state index contributed by atoms with van der Waals surface area (Å²) in [6.45, 7) is 2.11. The number of hydrogen-bond acceptors (Lipinski definition) is 1. The van der Waals surface area contributed by atoms with E-state index in [0.29, 0.717) is 6.54 Å². The Hall–Kier alpha value is -1.39. The van der Waals surface area contributed by atoms with Crippen molar-refractivity contribution in [1.29, 1.82) is 0 Å². The van der Waals surface area contributed by atoms with Gasteiger partial charge in [0.05, 0.1) is 0 Å². The van der Waals surface area contributed by atoms with E-state index in [2.05, 4.69) is 0 Å². The highest BCUT2D eigenvalue weighted by Crippen LogP contribution is 2.49. The lowest BCUT2D eigenvalue weighted by molar-refractivity contribution is -0.184. The largest absolute Gasteiger partial charge is 0.400 e. The van der Waals surface area contributed by atoms with Crippen molar-refractivity contribution in [2.75, 3.05) is 18.0 Å². The molecule has 24 heavy (non-hydrogen) atoms. The molecule has 3 rings (SSSR count). The van der Waals surface area contributed by atoms with E-state index >= 15 is 0 Å². The van der Waals surface area contributed by atoms with Crippen molar-refractivity contribution < 1.29 is 13.2 Å². The third-order valence-corrected chi connectivity index (χ3v) is 5.03. The maximum Gasteiger partial charge on any atom is 0.400 e. The topological polar surface area (TPSA) is 3.24 Å². The first-order valence-electron chi connectivity index (χ1n) is 7.56. The fraction of sp³-hybridized carbons (Fsp3) is 0.333. The number of rotatable bonds is 2. The van der Waals surface area contributed by atoms with Crippen LogP contribution in [0.15, 0.2) is 42.5 Å². The van der Waals surface area contributed by atoms with Crippen molar-refractivity contribution in [3.8, 4) is 0 Å². The van der Waals surface area contributed by atoms with Gasteiger partial charge in [-0.1, -0.05) is 35.3 Å². The molecule has 1 heterocycles. The molecule has 1 nitrogen and oxygen atoms in total. The Balaban J connectivity index is 2.03. The quantitative estimate of drug-likeness (QED) is 0.622. The number of anilines is 1. The molecule has 0 unspecified atom stereocenters. The zero-order valence-electron chi connectivity index (χ0n) is 13.0. The number of aryl methyl sites for hydroxylation is 1. The van der Waals surface area contributed by atoms with Crippen molar-refractivity contribution in [2.24, 2.45) is 0 Å². The minimum absolute atomic E-state index is 0.0267. The fourth-order valence-corrected chi connectivity index (χ4v) is 3.84. The maximum absolute atomic E-state index is 14.0. The smallest absolute Gasteiger partial charge is 0.370 e. The van der Waals surface area contributed by atoms with Crippen molar-refractivity contribution in [1.82, 2.24) is 0 Å². The summed E-state index contributed by atoms with van der Waals surface area (Å²) in [4.78, 5) is 1.77. The van der Waals surface area contributed by atoms with Gasteiger partial charge in [-0.3, -0.25) is 0 Å². The van der Waals surface area contributed by atoms with Gasteiger partial charge in [-0.2, -0.15) is 13.2 Å². The predicted molar refractivity (Wildman–Crippen MR) is 92.2 cm³/mol. The van der Waals surface area contributed by atoms with Crippen LogP contribution in [-0.2, 0) is 5.41 Å². The van der Waals surface area contributed by atoms with Crippen LogP contribution in [0.2, 0.25) is 10.0 Å². The minimum atomic E-state index is -4.39. The van der Waals surface area contributed by atoms with Gasteiger partial charge in [0.25, 0.3) is 0 Å². The average Bonchev–Trinajstić information content (AvgIpc) is 2.92. The summed E-state index contributed by atoms with van der Waals surface area (Å²) in [7, 11) is 0. The highest BCUT2D eigenvalue weighted by atomic mass is 35.5. The number of nitrogens with zero attached hydrogens (tertiary/aromatic N) is 1. The van der Waals surface area contributed by atoms with Gasteiger partial charge >= 0.3 is 6.18 Å². The maximum atomic E-state index is 14.0. The second kappa shape index (κ2) is 6.16. The van der Waals surface area contributed by atoms with Gasteiger partial charge < -0.3 is 4.90 Å². The SMILES string of the molecule is Cc1cccc(N2CC[C@@](c3cc(Cl)cc(Cl)c3)(C(F)(F)F)C2)c1. The molecule has 1 saturated heterocycles. The molecule has 1 atom stereocenters. The van der Waals surface area contributed by atoms with Crippen LogP contribution in [0.5, 0.6) is 0 Å². The van der Waals surface area contributed by atoms with Gasteiger partial charge in [-0.05, 0) is 54.8 Å². The zero-order chi connectivity index (χ0) is 17.5. The van der Waals surface area contributed by atoms with Crippen LogP contribution in [0.3, 0.4) is 0 Å². The lowest BCUT2D eigenvalue weighted by Crippen LogP contribution is -2.44. The molecule has 128 valence electrons. The minimum Gasteiger partial charge on any atom is -0.370 e. The average molecular weight is 374 g/mol. The predicted octanol–water partition coefficient (Wildman–Crippen LogP) is 6.01. The van der Waals surface area contributed by atoms with Crippen LogP contribution in [0.4, 0.5) is 18.9 Å². The van der Waals surface area contributed by atoms with E-state index in [1.807, 2.05) is 31.2 Å². The molecule has 0 saturated carbocycles. The third kappa shape index (κ3) is 3.09. The summed E-state index contributed by atoms with van der Waals surface area (Å²) in [5, 5.41) is 0.435. The Labute approximate surface area is 149 Å². The molecule has 0 aliphatic carbocycles. The molecule has 2 aromatic carbocycles. The van der Waals surface area contributed by atoms with Gasteiger partial charge in [-0.15, -0.1) is 0 Å². The van der Waals surface area contributed by atoms with Gasteiger partial charge in [0.1, 0.15) is 5.41 Å². The molecule has 0 spiro atoms. The van der Waals surface area contributed by atoms with E-state index in [-0.39, 0.29) is 28.6 Å². The van der Waals surface area contributed by atoms with Gasteiger partial charge in [0.2, 0.25) is 0 Å². The second-order valence-corrected chi connectivity index (χ2v) is 7.12.